The Morgan fingerprint density at radius 2 is 2.33 bits per heavy atom. The molecule has 0 bridgehead atoms. The fourth-order valence-electron chi connectivity index (χ4n) is 0.469. The van der Waals surface area contributed by atoms with Crippen molar-refractivity contribution in [3.63, 3.8) is 0 Å². The second-order valence-corrected chi connectivity index (χ2v) is 2.78. The number of nitrogens with zero attached hydrogens (tertiary/aromatic N) is 1. The van der Waals surface area contributed by atoms with Gasteiger partial charge in [-0.2, -0.15) is 0 Å². The molecule has 0 rings (SSSR count). The Morgan fingerprint density at radius 1 is 1.67 bits per heavy atom. The van der Waals surface area contributed by atoms with Crippen LogP contribution >= 0.6 is 11.8 Å². The van der Waals surface area contributed by atoms with E-state index in [1.165, 1.54) is 0 Å². The van der Waals surface area contributed by atoms with Crippen LogP contribution in [0.15, 0.2) is 4.99 Å². The molecule has 0 radical (unpaired) electrons. The number of nitrogens with one attached hydrogen (secondary N) is 1. The van der Waals surface area contributed by atoms with E-state index in [-0.39, 0.29) is 0 Å². The minimum absolute atomic E-state index is 0.938. The van der Waals surface area contributed by atoms with Crippen LogP contribution in [-0.4, -0.2) is 17.1 Å². The van der Waals surface area contributed by atoms with Gasteiger partial charge in [-0.25, -0.2) is 4.99 Å². The third kappa shape index (κ3) is 4.21. The van der Waals surface area contributed by atoms with Crippen LogP contribution in [0.4, 0.5) is 0 Å². The van der Waals surface area contributed by atoms with Crippen molar-refractivity contribution >= 4 is 23.1 Å². The van der Waals surface area contributed by atoms with Gasteiger partial charge in [-0.3, -0.25) is 5.41 Å². The molecule has 0 fully saturated rings. The van der Waals surface area contributed by atoms with Crippen molar-refractivity contribution in [3.05, 3.63) is 0 Å². The molecule has 0 saturated heterocycles. The first kappa shape index (κ1) is 8.69. The van der Waals surface area contributed by atoms with Crippen LogP contribution in [0.1, 0.15) is 20.3 Å². The highest BCUT2D eigenvalue weighted by molar-refractivity contribution is 8.13. The van der Waals surface area contributed by atoms with Crippen molar-refractivity contribution in [2.24, 2.45) is 4.99 Å². The summed E-state index contributed by atoms with van der Waals surface area (Å²) in [5.74, 6) is 1.04. The van der Waals surface area contributed by atoms with E-state index in [1.807, 2.05) is 6.92 Å². The molecule has 0 heterocycles. The molecule has 0 aromatic carbocycles. The lowest BCUT2D eigenvalue weighted by atomic mass is 10.5. The lowest BCUT2D eigenvalue weighted by Crippen LogP contribution is -1.89. The highest BCUT2D eigenvalue weighted by Crippen LogP contribution is 2.05. The third-order valence-electron chi connectivity index (χ3n) is 0.822. The SMILES string of the molecule is CCSC(CC)=NC=N. The van der Waals surface area contributed by atoms with E-state index in [4.69, 9.17) is 5.41 Å². The molecule has 0 unspecified atom stereocenters. The Balaban J connectivity index is 3.66. The smallest absolute Gasteiger partial charge is 0.107 e. The van der Waals surface area contributed by atoms with E-state index in [2.05, 4.69) is 11.9 Å². The van der Waals surface area contributed by atoms with Crippen LogP contribution in [0.5, 0.6) is 0 Å². The molecule has 3 heteroatoms. The number of rotatable bonds is 3. The summed E-state index contributed by atoms with van der Waals surface area (Å²) < 4.78 is 0. The molecule has 0 aromatic rings. The van der Waals surface area contributed by atoms with Crippen molar-refractivity contribution in [2.45, 2.75) is 20.3 Å². The van der Waals surface area contributed by atoms with E-state index in [1.54, 1.807) is 11.8 Å². The Kier molecular flexibility index (Phi) is 5.62. The zero-order valence-corrected chi connectivity index (χ0v) is 6.66. The Morgan fingerprint density at radius 3 is 2.67 bits per heavy atom. The Hall–Kier alpha value is -0.310. The summed E-state index contributed by atoms with van der Waals surface area (Å²) in [6.07, 6.45) is 2.04. The van der Waals surface area contributed by atoms with E-state index in [9.17, 15) is 0 Å². The van der Waals surface area contributed by atoms with E-state index in [0.717, 1.165) is 23.6 Å². The van der Waals surface area contributed by atoms with Crippen molar-refractivity contribution in [3.8, 4) is 0 Å². The Bertz CT molecular complexity index is 110. The van der Waals surface area contributed by atoms with E-state index in [0.29, 0.717) is 0 Å². The fraction of sp³-hybridized carbons (Fsp3) is 0.667. The second kappa shape index (κ2) is 5.82. The van der Waals surface area contributed by atoms with Gasteiger partial charge in [0, 0.05) is 0 Å². The lowest BCUT2D eigenvalue weighted by molar-refractivity contribution is 1.31. The monoisotopic (exact) mass is 144 g/mol. The molecule has 0 amide bonds. The van der Waals surface area contributed by atoms with Gasteiger partial charge in [0.25, 0.3) is 0 Å². The normalized spacial score (nSPS) is 11.6. The minimum Gasteiger partial charge on any atom is -0.289 e. The fourth-order valence-corrected chi connectivity index (χ4v) is 1.13. The highest BCUT2D eigenvalue weighted by atomic mass is 32.2. The van der Waals surface area contributed by atoms with E-state index >= 15 is 0 Å². The Labute approximate surface area is 60.3 Å². The first-order chi connectivity index (χ1) is 4.35. The molecule has 0 saturated carbocycles. The largest absolute Gasteiger partial charge is 0.289 e. The zero-order valence-electron chi connectivity index (χ0n) is 5.85. The van der Waals surface area contributed by atoms with Crippen LogP contribution in [0.2, 0.25) is 0 Å². The molecule has 0 aliphatic heterocycles. The summed E-state index contributed by atoms with van der Waals surface area (Å²) in [7, 11) is 0. The van der Waals surface area contributed by atoms with Gasteiger partial charge in [0.05, 0.1) is 5.04 Å². The highest BCUT2D eigenvalue weighted by Gasteiger charge is 1.90. The first-order valence-electron chi connectivity index (χ1n) is 3.03. The van der Waals surface area contributed by atoms with Crippen LogP contribution in [0.25, 0.3) is 0 Å². The van der Waals surface area contributed by atoms with E-state index < -0.39 is 0 Å². The molecular weight excluding hydrogens is 132 g/mol. The summed E-state index contributed by atoms with van der Waals surface area (Å²) in [5, 5.41) is 7.74. The second-order valence-electron chi connectivity index (χ2n) is 1.44. The summed E-state index contributed by atoms with van der Waals surface area (Å²) in [4.78, 5) is 3.85. The molecule has 0 atom stereocenters. The maximum Gasteiger partial charge on any atom is 0.107 e. The maximum atomic E-state index is 6.69. The predicted octanol–water partition coefficient (Wildman–Crippen LogP) is 2.16. The molecule has 52 valence electrons. The van der Waals surface area contributed by atoms with Gasteiger partial charge in [0.15, 0.2) is 0 Å². The summed E-state index contributed by atoms with van der Waals surface area (Å²) in [5.41, 5.74) is 0. The molecule has 9 heavy (non-hydrogen) atoms. The first-order valence-corrected chi connectivity index (χ1v) is 4.02. The number of thioether (sulfide) groups is 1. The summed E-state index contributed by atoms with van der Waals surface area (Å²) in [6, 6.07) is 0. The van der Waals surface area contributed by atoms with Gasteiger partial charge in [0.1, 0.15) is 6.34 Å². The van der Waals surface area contributed by atoms with Crippen LogP contribution < -0.4 is 0 Å². The van der Waals surface area contributed by atoms with Gasteiger partial charge in [0.2, 0.25) is 0 Å². The average Bonchev–Trinajstić information content (AvgIpc) is 1.88. The van der Waals surface area contributed by atoms with Crippen molar-refractivity contribution < 1.29 is 0 Å². The molecular formula is C6H12N2S. The number of aliphatic imine (C=N–C) groups is 1. The van der Waals surface area contributed by atoms with Gasteiger partial charge in [-0.1, -0.05) is 13.8 Å². The molecule has 0 aromatic heterocycles. The number of hydrogen-bond donors (Lipinski definition) is 1. The van der Waals surface area contributed by atoms with Gasteiger partial charge in [-0.15, -0.1) is 11.8 Å². The average molecular weight is 144 g/mol. The molecule has 1 N–H and O–H groups in total. The third-order valence-corrected chi connectivity index (χ3v) is 1.84. The summed E-state index contributed by atoms with van der Waals surface area (Å²) in [6.45, 7) is 4.13. The minimum atomic E-state index is 0.938. The van der Waals surface area contributed by atoms with Crippen LogP contribution in [-0.2, 0) is 0 Å². The standard InChI is InChI=1S/C6H12N2S/c1-3-6(8-5-7)9-4-2/h5,7H,3-4H2,1-2H3. The molecule has 0 aliphatic carbocycles. The van der Waals surface area contributed by atoms with Gasteiger partial charge >= 0.3 is 0 Å². The van der Waals surface area contributed by atoms with Gasteiger partial charge in [-0.05, 0) is 12.2 Å². The quantitative estimate of drug-likeness (QED) is 0.478. The lowest BCUT2D eigenvalue weighted by Gasteiger charge is -1.95. The number of hydrogen-bond acceptors (Lipinski definition) is 2. The zero-order chi connectivity index (χ0) is 7.11. The predicted molar refractivity (Wildman–Crippen MR) is 44.6 cm³/mol. The van der Waals surface area contributed by atoms with Crippen molar-refractivity contribution in [1.29, 1.82) is 5.41 Å². The van der Waals surface area contributed by atoms with Crippen molar-refractivity contribution in [2.75, 3.05) is 5.75 Å². The van der Waals surface area contributed by atoms with Crippen LogP contribution in [0.3, 0.4) is 0 Å². The van der Waals surface area contributed by atoms with Crippen LogP contribution in [0, 0.1) is 5.41 Å². The topological polar surface area (TPSA) is 36.2 Å². The summed E-state index contributed by atoms with van der Waals surface area (Å²) >= 11 is 1.70. The maximum absolute atomic E-state index is 6.69. The van der Waals surface area contributed by atoms with Crippen molar-refractivity contribution in [1.82, 2.24) is 0 Å². The molecule has 2 nitrogen and oxygen atoms in total. The van der Waals surface area contributed by atoms with Gasteiger partial charge < -0.3 is 0 Å². The molecule has 0 aliphatic rings. The molecule has 0 spiro atoms.